The van der Waals surface area contributed by atoms with Crippen molar-refractivity contribution in [2.24, 2.45) is 0 Å². The maximum absolute atomic E-state index is 14.8. The molecule has 1 aliphatic heterocycles. The summed E-state index contributed by atoms with van der Waals surface area (Å²) in [7, 11) is 0. The molecule has 0 aliphatic carbocycles. The zero-order valence-corrected chi connectivity index (χ0v) is 23.1. The minimum atomic E-state index is -0.898. The zero-order valence-electron chi connectivity index (χ0n) is 23.1. The van der Waals surface area contributed by atoms with E-state index in [9.17, 15) is 23.2 Å². The number of carboxylic acids is 1. The Hall–Kier alpha value is -5.30. The Morgan fingerprint density at radius 1 is 0.930 bits per heavy atom. The first kappa shape index (κ1) is 29.2. The summed E-state index contributed by atoms with van der Waals surface area (Å²) in [4.78, 5) is 47.0. The number of hydrogen-bond donors (Lipinski definition) is 4. The third kappa shape index (κ3) is 7.32. The number of aromatic amines is 1. The number of anilines is 2. The number of urea groups is 1. The van der Waals surface area contributed by atoms with E-state index < -0.39 is 23.6 Å². The summed E-state index contributed by atoms with van der Waals surface area (Å²) in [6.45, 7) is 3.51. The molecule has 2 aromatic carbocycles. The van der Waals surface area contributed by atoms with E-state index in [1.165, 1.54) is 30.5 Å². The Morgan fingerprint density at radius 2 is 1.67 bits per heavy atom. The first-order chi connectivity index (χ1) is 20.6. The van der Waals surface area contributed by atoms with Gasteiger partial charge in [-0.25, -0.2) is 13.6 Å². The fourth-order valence-electron chi connectivity index (χ4n) is 4.58. The number of hydrogen-bond acceptors (Lipinski definition) is 6. The molecule has 4 N–H and O–H groups in total. The van der Waals surface area contributed by atoms with Crippen LogP contribution in [0, 0.1) is 18.6 Å². The lowest BCUT2D eigenvalue weighted by molar-refractivity contribution is -0.138. The average molecular weight is 591 g/mol. The molecule has 43 heavy (non-hydrogen) atoms. The summed E-state index contributed by atoms with van der Waals surface area (Å²) >= 11 is 0. The molecular formula is C30H28F2N6O5. The second-order valence-electron chi connectivity index (χ2n) is 9.95. The molecule has 1 fully saturated rings. The monoisotopic (exact) mass is 590 g/mol. The summed E-state index contributed by atoms with van der Waals surface area (Å²) in [6, 6.07) is 12.2. The number of nitrogens with zero attached hydrogens (tertiary/aromatic N) is 3. The van der Waals surface area contributed by atoms with Gasteiger partial charge >= 0.3 is 12.0 Å². The molecule has 4 aromatic rings. The van der Waals surface area contributed by atoms with Gasteiger partial charge in [-0.3, -0.25) is 19.5 Å². The number of rotatable bonds is 8. The van der Waals surface area contributed by atoms with Crippen LogP contribution in [-0.2, 0) is 4.79 Å². The minimum Gasteiger partial charge on any atom is -0.480 e. The maximum Gasteiger partial charge on any atom is 0.323 e. The van der Waals surface area contributed by atoms with Crippen LogP contribution < -0.4 is 15.4 Å². The average Bonchev–Trinajstić information content (AvgIpc) is 3.47. The van der Waals surface area contributed by atoms with Gasteiger partial charge < -0.3 is 30.4 Å². The number of carbonyl (C=O) groups excluding carboxylic acids is 2. The second-order valence-corrected chi connectivity index (χ2v) is 9.95. The third-order valence-corrected chi connectivity index (χ3v) is 6.75. The Kier molecular flexibility index (Phi) is 8.62. The van der Waals surface area contributed by atoms with Crippen LogP contribution in [0.5, 0.6) is 11.5 Å². The summed E-state index contributed by atoms with van der Waals surface area (Å²) in [6.07, 6.45) is 3.09. The van der Waals surface area contributed by atoms with Crippen LogP contribution in [0.4, 0.5) is 25.0 Å². The lowest BCUT2D eigenvalue weighted by atomic mass is 10.2. The highest BCUT2D eigenvalue weighted by molar-refractivity contribution is 6.00. The maximum atomic E-state index is 14.8. The van der Waals surface area contributed by atoms with Gasteiger partial charge in [-0.15, -0.1) is 0 Å². The molecule has 0 unspecified atom stereocenters. The lowest BCUT2D eigenvalue weighted by Gasteiger charge is -2.33. The van der Waals surface area contributed by atoms with Crippen LogP contribution in [0.2, 0.25) is 0 Å². The van der Waals surface area contributed by atoms with Crippen molar-refractivity contribution in [2.45, 2.75) is 6.92 Å². The van der Waals surface area contributed by atoms with Gasteiger partial charge in [0.15, 0.2) is 0 Å². The van der Waals surface area contributed by atoms with Crippen molar-refractivity contribution in [2.75, 3.05) is 43.4 Å². The van der Waals surface area contributed by atoms with Crippen molar-refractivity contribution in [3.63, 3.8) is 0 Å². The van der Waals surface area contributed by atoms with Gasteiger partial charge in [0.25, 0.3) is 5.91 Å². The van der Waals surface area contributed by atoms with Crippen molar-refractivity contribution in [1.29, 1.82) is 0 Å². The molecule has 2 aromatic heterocycles. The highest BCUT2D eigenvalue weighted by atomic mass is 19.1. The number of piperazine rings is 1. The van der Waals surface area contributed by atoms with Gasteiger partial charge in [0, 0.05) is 50.7 Å². The van der Waals surface area contributed by atoms with Crippen LogP contribution in [0.1, 0.15) is 15.9 Å². The van der Waals surface area contributed by atoms with E-state index >= 15 is 0 Å². The molecule has 1 saturated heterocycles. The van der Waals surface area contributed by atoms with Gasteiger partial charge in [-0.2, -0.15) is 0 Å². The van der Waals surface area contributed by atoms with E-state index in [4.69, 9.17) is 9.84 Å². The highest BCUT2D eigenvalue weighted by Gasteiger charge is 2.24. The molecule has 222 valence electrons. The van der Waals surface area contributed by atoms with Crippen molar-refractivity contribution in [3.05, 3.63) is 89.8 Å². The summed E-state index contributed by atoms with van der Waals surface area (Å²) in [5.41, 5.74) is 2.09. The van der Waals surface area contributed by atoms with Crippen LogP contribution in [0.15, 0.2) is 67.0 Å². The Morgan fingerprint density at radius 3 is 2.42 bits per heavy atom. The van der Waals surface area contributed by atoms with Crippen LogP contribution >= 0.6 is 0 Å². The minimum absolute atomic E-state index is 0.0271. The molecule has 0 atom stereocenters. The fraction of sp³-hybridized carbons (Fsp3) is 0.200. The topological polar surface area (TPSA) is 140 Å². The van der Waals surface area contributed by atoms with Crippen molar-refractivity contribution >= 4 is 29.3 Å². The normalized spacial score (nSPS) is 13.4. The van der Waals surface area contributed by atoms with E-state index in [1.807, 2.05) is 0 Å². The second kappa shape index (κ2) is 12.7. The molecule has 0 bridgehead atoms. The Balaban J connectivity index is 1.20. The van der Waals surface area contributed by atoms with Gasteiger partial charge in [-0.05, 0) is 48.9 Å². The van der Waals surface area contributed by atoms with Gasteiger partial charge in [0.2, 0.25) is 0 Å². The number of nitrogens with one attached hydrogen (secondary N) is 3. The predicted molar refractivity (Wildman–Crippen MR) is 154 cm³/mol. The molecular weight excluding hydrogens is 562 g/mol. The van der Waals surface area contributed by atoms with E-state index in [2.05, 4.69) is 20.6 Å². The fourth-order valence-corrected chi connectivity index (χ4v) is 4.58. The third-order valence-electron chi connectivity index (χ3n) is 6.75. The van der Waals surface area contributed by atoms with Gasteiger partial charge in [-0.1, -0.05) is 6.07 Å². The number of amides is 3. The summed E-state index contributed by atoms with van der Waals surface area (Å²) in [5.74, 6) is -1.93. The number of ether oxygens (including phenoxy) is 1. The van der Waals surface area contributed by atoms with E-state index in [1.54, 1.807) is 47.2 Å². The molecule has 0 saturated carbocycles. The molecule has 0 radical (unpaired) electrons. The SMILES string of the molecule is Cc1ccc(F)c(NC(=O)Nc2ccc(Oc3ccnc(-c4cc(C(=O)N5CCN(CC(=O)O)CC5)c[nH]4)c3)cc2F)c1. The highest BCUT2D eigenvalue weighted by Crippen LogP contribution is 2.28. The first-order valence-corrected chi connectivity index (χ1v) is 13.3. The van der Waals surface area contributed by atoms with E-state index in [0.29, 0.717) is 48.9 Å². The van der Waals surface area contributed by atoms with Crippen molar-refractivity contribution in [3.8, 4) is 22.9 Å². The standard InChI is InChI=1S/C30H28F2N6O5/c1-18-2-4-22(31)25(12-18)36-30(42)35-24-5-3-20(14-23(24)32)43-21-6-7-33-27(15-21)26-13-19(16-34-26)29(41)38-10-8-37(9-11-38)17-28(39)40/h2-7,12-16,34H,8-11,17H2,1H3,(H,39,40)(H2,35,36,42). The predicted octanol–water partition coefficient (Wildman–Crippen LogP) is 4.94. The number of aromatic nitrogens is 2. The molecule has 1 aliphatic rings. The molecule has 0 spiro atoms. The smallest absolute Gasteiger partial charge is 0.323 e. The Bertz CT molecular complexity index is 1670. The van der Waals surface area contributed by atoms with Crippen molar-refractivity contribution in [1.82, 2.24) is 19.8 Å². The Labute approximate surface area is 245 Å². The molecule has 11 nitrogen and oxygen atoms in total. The number of halogens is 2. The molecule has 3 heterocycles. The molecule has 13 heteroatoms. The zero-order chi connectivity index (χ0) is 30.5. The van der Waals surface area contributed by atoms with Crippen LogP contribution in [0.3, 0.4) is 0 Å². The molecule has 3 amide bonds. The number of aliphatic carboxylic acids is 1. The largest absolute Gasteiger partial charge is 0.480 e. The van der Waals surface area contributed by atoms with Crippen molar-refractivity contribution < 1.29 is 33.0 Å². The van der Waals surface area contributed by atoms with Crippen LogP contribution in [0.25, 0.3) is 11.4 Å². The number of carbonyl (C=O) groups is 3. The number of H-pyrrole nitrogens is 1. The van der Waals surface area contributed by atoms with Gasteiger partial charge in [0.05, 0.1) is 34.9 Å². The summed E-state index contributed by atoms with van der Waals surface area (Å²) in [5, 5.41) is 13.7. The number of carboxylic acid groups (broad SMARTS) is 1. The van der Waals surface area contributed by atoms with Crippen LogP contribution in [-0.4, -0.2) is 75.5 Å². The number of pyridine rings is 1. The van der Waals surface area contributed by atoms with E-state index in [0.717, 1.165) is 11.6 Å². The molecule has 5 rings (SSSR count). The quantitative estimate of drug-likeness (QED) is 0.228. The number of aryl methyl sites for hydroxylation is 1. The number of benzene rings is 2. The summed E-state index contributed by atoms with van der Waals surface area (Å²) < 4.78 is 34.5. The van der Waals surface area contributed by atoms with Gasteiger partial charge in [0.1, 0.15) is 23.1 Å². The first-order valence-electron chi connectivity index (χ1n) is 13.3. The lowest BCUT2D eigenvalue weighted by Crippen LogP contribution is -2.49. The van der Waals surface area contributed by atoms with E-state index in [-0.39, 0.29) is 29.6 Å².